The van der Waals surface area contributed by atoms with Crippen LogP contribution < -0.4 is 5.56 Å². The van der Waals surface area contributed by atoms with Crippen molar-refractivity contribution in [3.63, 3.8) is 0 Å². The van der Waals surface area contributed by atoms with Gasteiger partial charge in [0.15, 0.2) is 0 Å². The number of halogens is 2. The first-order chi connectivity index (χ1) is 14.0. The van der Waals surface area contributed by atoms with E-state index >= 15 is 0 Å². The van der Waals surface area contributed by atoms with Crippen LogP contribution >= 0.6 is 0 Å². The number of aryl methyl sites for hydroxylation is 1. The summed E-state index contributed by atoms with van der Waals surface area (Å²) in [5, 5.41) is 0.555. The number of hydrogen-bond donors (Lipinski definition) is 1. The Hall–Kier alpha value is -3.35. The fourth-order valence-electron chi connectivity index (χ4n) is 3.56. The lowest BCUT2D eigenvalue weighted by atomic mass is 10.0. The second-order valence-corrected chi connectivity index (χ2v) is 7.01. The molecule has 148 valence electrons. The molecule has 3 aromatic rings. The Bertz CT molecular complexity index is 1150. The van der Waals surface area contributed by atoms with Crippen LogP contribution in [0.25, 0.3) is 16.3 Å². The first kappa shape index (κ1) is 19.0. The molecule has 0 spiro atoms. The molecule has 1 aromatic carbocycles. The third-order valence-electron chi connectivity index (χ3n) is 5.10. The van der Waals surface area contributed by atoms with Crippen LogP contribution in [-0.2, 0) is 11.2 Å². The van der Waals surface area contributed by atoms with Crippen molar-refractivity contribution in [3.05, 3.63) is 82.0 Å². The normalized spacial score (nSPS) is 14.1. The molecule has 7 heteroatoms. The van der Waals surface area contributed by atoms with Crippen molar-refractivity contribution in [1.82, 2.24) is 14.9 Å². The molecule has 0 bridgehead atoms. The Morgan fingerprint density at radius 3 is 2.79 bits per heavy atom. The van der Waals surface area contributed by atoms with E-state index in [2.05, 4.69) is 9.97 Å². The van der Waals surface area contributed by atoms with Crippen molar-refractivity contribution in [2.24, 2.45) is 0 Å². The van der Waals surface area contributed by atoms with Crippen molar-refractivity contribution in [2.45, 2.75) is 19.3 Å². The van der Waals surface area contributed by atoms with E-state index in [-0.39, 0.29) is 23.5 Å². The number of fused-ring (bicyclic) bond motifs is 1. The molecular weight excluding hydrogens is 376 g/mol. The summed E-state index contributed by atoms with van der Waals surface area (Å²) in [5.41, 5.74) is 1.83. The summed E-state index contributed by atoms with van der Waals surface area (Å²) in [5.74, 6) is -0.957. The summed E-state index contributed by atoms with van der Waals surface area (Å²) >= 11 is 0. The van der Waals surface area contributed by atoms with Gasteiger partial charge in [-0.15, -0.1) is 0 Å². The smallest absolute Gasteiger partial charge is 0.258 e. The number of amides is 1. The predicted octanol–water partition coefficient (Wildman–Crippen LogP) is 3.45. The number of carbonyl (C=O) groups excluding carboxylic acids is 1. The highest BCUT2D eigenvalue weighted by molar-refractivity contribution is 5.83. The number of aromatic nitrogens is 2. The molecule has 0 saturated heterocycles. The van der Waals surface area contributed by atoms with Gasteiger partial charge in [-0.2, -0.15) is 0 Å². The molecule has 0 unspecified atom stereocenters. The monoisotopic (exact) mass is 395 g/mol. The van der Waals surface area contributed by atoms with Gasteiger partial charge in [-0.3, -0.25) is 14.6 Å². The number of nitrogens with one attached hydrogen (secondary N) is 1. The maximum Gasteiger partial charge on any atom is 0.258 e. The average molecular weight is 395 g/mol. The average Bonchev–Trinajstić information content (AvgIpc) is 2.72. The van der Waals surface area contributed by atoms with Gasteiger partial charge >= 0.3 is 0 Å². The van der Waals surface area contributed by atoms with Gasteiger partial charge in [0.05, 0.1) is 17.3 Å². The fraction of sp³-hybridized carbons (Fsp3) is 0.227. The van der Waals surface area contributed by atoms with E-state index in [1.165, 1.54) is 18.3 Å². The molecule has 1 aliphatic rings. The lowest BCUT2D eigenvalue weighted by Crippen LogP contribution is -2.35. The highest BCUT2D eigenvalue weighted by Gasteiger charge is 2.18. The first-order valence-corrected chi connectivity index (χ1v) is 9.40. The molecule has 5 nitrogen and oxygen atoms in total. The number of nitrogens with zero attached hydrogens (tertiary/aromatic N) is 2. The van der Waals surface area contributed by atoms with Crippen molar-refractivity contribution >= 4 is 22.3 Å². The second-order valence-electron chi connectivity index (χ2n) is 7.01. The summed E-state index contributed by atoms with van der Waals surface area (Å²) in [7, 11) is 0. The largest absolute Gasteiger partial charge is 0.339 e. The van der Waals surface area contributed by atoms with Gasteiger partial charge in [0.25, 0.3) is 5.56 Å². The van der Waals surface area contributed by atoms with Crippen molar-refractivity contribution in [2.75, 3.05) is 13.1 Å². The standard InChI is InChI=1S/C22H19F2N3O2/c23-16-4-6-19(25-13-16)14-8-10-27(11-9-14)20(28)7-5-17-12-15-2-1-3-18(24)21(15)22(29)26-17/h1-4,6,8,12-13H,5,7,9-11H2,(H,26,29). The molecular formula is C22H19F2N3O2. The minimum atomic E-state index is -0.557. The summed E-state index contributed by atoms with van der Waals surface area (Å²) in [6.45, 7) is 1.02. The van der Waals surface area contributed by atoms with Crippen molar-refractivity contribution in [3.8, 4) is 0 Å². The number of pyridine rings is 2. The lowest BCUT2D eigenvalue weighted by Gasteiger charge is -2.26. The summed E-state index contributed by atoms with van der Waals surface area (Å²) in [4.78, 5) is 33.2. The van der Waals surface area contributed by atoms with Crippen LogP contribution in [0.2, 0.25) is 0 Å². The van der Waals surface area contributed by atoms with E-state index in [9.17, 15) is 18.4 Å². The van der Waals surface area contributed by atoms with E-state index in [1.807, 2.05) is 6.08 Å². The highest BCUT2D eigenvalue weighted by Crippen LogP contribution is 2.21. The third-order valence-corrected chi connectivity index (χ3v) is 5.10. The van der Waals surface area contributed by atoms with Crippen LogP contribution in [0.15, 0.2) is 53.5 Å². The van der Waals surface area contributed by atoms with Gasteiger partial charge in [0.2, 0.25) is 5.91 Å². The molecule has 1 N–H and O–H groups in total. The Morgan fingerprint density at radius 1 is 1.21 bits per heavy atom. The summed E-state index contributed by atoms with van der Waals surface area (Å²) in [6.07, 6.45) is 4.38. The third kappa shape index (κ3) is 4.08. The Labute approximate surface area is 165 Å². The Balaban J connectivity index is 1.40. The number of aromatic amines is 1. The zero-order valence-electron chi connectivity index (χ0n) is 15.6. The van der Waals surface area contributed by atoms with Crippen LogP contribution in [0.5, 0.6) is 0 Å². The van der Waals surface area contributed by atoms with Gasteiger partial charge in [-0.1, -0.05) is 18.2 Å². The topological polar surface area (TPSA) is 66.1 Å². The van der Waals surface area contributed by atoms with Gasteiger partial charge in [-0.25, -0.2) is 8.78 Å². The molecule has 0 fully saturated rings. The molecule has 0 aliphatic carbocycles. The Morgan fingerprint density at radius 2 is 2.07 bits per heavy atom. The van der Waals surface area contributed by atoms with Crippen LogP contribution in [-0.4, -0.2) is 33.9 Å². The molecule has 0 atom stereocenters. The predicted molar refractivity (Wildman–Crippen MR) is 106 cm³/mol. The minimum Gasteiger partial charge on any atom is -0.339 e. The molecule has 1 amide bonds. The van der Waals surface area contributed by atoms with Crippen LogP contribution in [0.3, 0.4) is 0 Å². The van der Waals surface area contributed by atoms with Crippen molar-refractivity contribution < 1.29 is 13.6 Å². The number of H-pyrrole nitrogens is 1. The molecule has 0 radical (unpaired) electrons. The Kier molecular flexibility index (Phi) is 5.20. The lowest BCUT2D eigenvalue weighted by molar-refractivity contribution is -0.130. The van der Waals surface area contributed by atoms with Crippen molar-refractivity contribution in [1.29, 1.82) is 0 Å². The molecule has 0 saturated carbocycles. The molecule has 29 heavy (non-hydrogen) atoms. The quantitative estimate of drug-likeness (QED) is 0.736. The fourth-order valence-corrected chi connectivity index (χ4v) is 3.56. The van der Waals surface area contributed by atoms with Gasteiger partial charge in [-0.05, 0) is 48.1 Å². The minimum absolute atomic E-state index is 0.0208. The zero-order valence-corrected chi connectivity index (χ0v) is 15.6. The first-order valence-electron chi connectivity index (χ1n) is 9.40. The summed E-state index contributed by atoms with van der Waals surface area (Å²) < 4.78 is 26.8. The van der Waals surface area contributed by atoms with E-state index in [0.717, 1.165) is 11.3 Å². The number of benzene rings is 1. The molecule has 2 aromatic heterocycles. The van der Waals surface area contributed by atoms with E-state index < -0.39 is 11.4 Å². The number of rotatable bonds is 4. The second kappa shape index (κ2) is 7.95. The maximum absolute atomic E-state index is 13.8. The van der Waals surface area contributed by atoms with Gasteiger partial charge < -0.3 is 9.88 Å². The van der Waals surface area contributed by atoms with Crippen LogP contribution in [0.4, 0.5) is 8.78 Å². The van der Waals surface area contributed by atoms with Crippen LogP contribution in [0, 0.1) is 11.6 Å². The molecule has 1 aliphatic heterocycles. The SMILES string of the molecule is O=C(CCc1cc2cccc(F)c2c(=O)[nH]1)N1CC=C(c2ccc(F)cn2)CC1. The number of carbonyl (C=O) groups is 1. The number of hydrogen-bond acceptors (Lipinski definition) is 3. The van der Waals surface area contributed by atoms with E-state index in [0.29, 0.717) is 37.0 Å². The highest BCUT2D eigenvalue weighted by atomic mass is 19.1. The van der Waals surface area contributed by atoms with E-state index in [4.69, 9.17) is 0 Å². The molecule has 3 heterocycles. The van der Waals surface area contributed by atoms with Gasteiger partial charge in [0.1, 0.15) is 11.6 Å². The van der Waals surface area contributed by atoms with Crippen LogP contribution in [0.1, 0.15) is 24.2 Å². The summed E-state index contributed by atoms with van der Waals surface area (Å²) in [6, 6.07) is 9.20. The van der Waals surface area contributed by atoms with Gasteiger partial charge in [0, 0.05) is 25.2 Å². The molecule has 4 rings (SSSR count). The maximum atomic E-state index is 13.8. The van der Waals surface area contributed by atoms with E-state index in [1.54, 1.807) is 29.2 Å². The zero-order chi connectivity index (χ0) is 20.4.